The number of hydrogen-bond acceptors (Lipinski definition) is 5. The van der Waals surface area contributed by atoms with Gasteiger partial charge in [-0.05, 0) is 11.5 Å². The van der Waals surface area contributed by atoms with Crippen LogP contribution >= 0.6 is 0 Å². The summed E-state index contributed by atoms with van der Waals surface area (Å²) in [6.45, 7) is 0. The van der Waals surface area contributed by atoms with E-state index >= 15 is 0 Å². The van der Waals surface area contributed by atoms with Crippen LogP contribution in [0, 0.1) is 0 Å². The lowest BCUT2D eigenvalue weighted by atomic mass is 10.1. The molecule has 100 valence electrons. The molecule has 0 N–H and O–H groups in total. The third-order valence-electron chi connectivity index (χ3n) is 3.02. The van der Waals surface area contributed by atoms with Gasteiger partial charge in [-0.3, -0.25) is 4.98 Å². The number of pyridine rings is 1. The molecule has 1 aromatic carbocycles. The van der Waals surface area contributed by atoms with E-state index in [0.29, 0.717) is 17.6 Å². The first-order chi connectivity index (χ1) is 9.81. The first kappa shape index (κ1) is 12.3. The highest BCUT2D eigenvalue weighted by atomic mass is 16.5. The summed E-state index contributed by atoms with van der Waals surface area (Å²) in [6, 6.07) is 9.52. The summed E-state index contributed by atoms with van der Waals surface area (Å²) >= 11 is 0. The van der Waals surface area contributed by atoms with Crippen molar-refractivity contribution in [1.82, 2.24) is 15.0 Å². The van der Waals surface area contributed by atoms with E-state index in [1.807, 2.05) is 30.5 Å². The minimum absolute atomic E-state index is 0.470. The zero-order valence-electron chi connectivity index (χ0n) is 11.2. The average Bonchev–Trinajstić information content (AvgIpc) is 2.53. The van der Waals surface area contributed by atoms with Crippen LogP contribution in [-0.4, -0.2) is 29.2 Å². The summed E-state index contributed by atoms with van der Waals surface area (Å²) in [5.41, 5.74) is 0.919. The van der Waals surface area contributed by atoms with Gasteiger partial charge < -0.3 is 9.47 Å². The van der Waals surface area contributed by atoms with Gasteiger partial charge in [0.05, 0.1) is 20.3 Å². The largest absolute Gasteiger partial charge is 0.481 e. The van der Waals surface area contributed by atoms with Gasteiger partial charge in [0.15, 0.2) is 5.82 Å². The van der Waals surface area contributed by atoms with Crippen molar-refractivity contribution in [3.05, 3.63) is 42.7 Å². The summed E-state index contributed by atoms with van der Waals surface area (Å²) in [4.78, 5) is 12.9. The van der Waals surface area contributed by atoms with Crippen LogP contribution in [0.5, 0.6) is 11.8 Å². The van der Waals surface area contributed by atoms with E-state index in [1.54, 1.807) is 26.5 Å². The first-order valence-electron chi connectivity index (χ1n) is 6.12. The van der Waals surface area contributed by atoms with Gasteiger partial charge in [0.2, 0.25) is 11.8 Å². The molecule has 0 aliphatic rings. The van der Waals surface area contributed by atoms with Crippen molar-refractivity contribution in [3.8, 4) is 23.1 Å². The van der Waals surface area contributed by atoms with Crippen LogP contribution in [-0.2, 0) is 0 Å². The minimum Gasteiger partial charge on any atom is -0.481 e. The molecular formula is C15H13N3O2. The molecule has 0 atom stereocenters. The van der Waals surface area contributed by atoms with E-state index < -0.39 is 0 Å². The Labute approximate surface area is 116 Å². The number of ether oxygens (including phenoxy) is 2. The number of hydrogen-bond donors (Lipinski definition) is 0. The maximum Gasteiger partial charge on any atom is 0.220 e. The molecule has 0 radical (unpaired) electrons. The standard InChI is InChI=1S/C15H13N3O2/c1-19-13-8-14(20-2)18-15(17-13)12-5-3-4-10-9-16-7-6-11(10)12/h3-9H,1-2H3. The molecule has 0 spiro atoms. The molecule has 0 saturated carbocycles. The Morgan fingerprint density at radius 3 is 2.40 bits per heavy atom. The fraction of sp³-hybridized carbons (Fsp3) is 0.133. The van der Waals surface area contributed by atoms with E-state index in [4.69, 9.17) is 9.47 Å². The van der Waals surface area contributed by atoms with E-state index in [-0.39, 0.29) is 0 Å². The fourth-order valence-electron chi connectivity index (χ4n) is 2.05. The minimum atomic E-state index is 0.470. The van der Waals surface area contributed by atoms with E-state index in [1.165, 1.54) is 0 Å². The second kappa shape index (κ2) is 5.13. The van der Waals surface area contributed by atoms with Gasteiger partial charge in [-0.15, -0.1) is 0 Å². The predicted molar refractivity (Wildman–Crippen MR) is 75.9 cm³/mol. The molecular weight excluding hydrogens is 254 g/mol. The molecule has 3 aromatic rings. The number of rotatable bonds is 3. The van der Waals surface area contributed by atoms with Gasteiger partial charge in [-0.2, -0.15) is 9.97 Å². The van der Waals surface area contributed by atoms with Crippen molar-refractivity contribution in [1.29, 1.82) is 0 Å². The van der Waals surface area contributed by atoms with Crippen LogP contribution in [0.2, 0.25) is 0 Å². The number of methoxy groups -OCH3 is 2. The molecule has 2 heterocycles. The summed E-state index contributed by atoms with van der Waals surface area (Å²) in [5.74, 6) is 1.51. The van der Waals surface area contributed by atoms with Gasteiger partial charge in [0.1, 0.15) is 0 Å². The topological polar surface area (TPSA) is 57.1 Å². The van der Waals surface area contributed by atoms with Crippen molar-refractivity contribution < 1.29 is 9.47 Å². The Morgan fingerprint density at radius 2 is 1.70 bits per heavy atom. The zero-order chi connectivity index (χ0) is 13.9. The third-order valence-corrected chi connectivity index (χ3v) is 3.02. The summed E-state index contributed by atoms with van der Waals surface area (Å²) in [7, 11) is 3.14. The molecule has 5 heteroatoms. The Bertz CT molecular complexity index is 731. The summed E-state index contributed by atoms with van der Waals surface area (Å²) < 4.78 is 10.4. The summed E-state index contributed by atoms with van der Waals surface area (Å²) in [5, 5.41) is 2.08. The Morgan fingerprint density at radius 1 is 0.950 bits per heavy atom. The second-order valence-electron chi connectivity index (χ2n) is 4.18. The molecule has 0 aliphatic heterocycles. The lowest BCUT2D eigenvalue weighted by Crippen LogP contribution is -1.97. The first-order valence-corrected chi connectivity index (χ1v) is 6.12. The van der Waals surface area contributed by atoms with Crippen molar-refractivity contribution in [2.75, 3.05) is 14.2 Å². The van der Waals surface area contributed by atoms with Gasteiger partial charge in [0, 0.05) is 23.3 Å². The average molecular weight is 267 g/mol. The maximum atomic E-state index is 5.19. The third kappa shape index (κ3) is 2.14. The van der Waals surface area contributed by atoms with Gasteiger partial charge >= 0.3 is 0 Å². The highest BCUT2D eigenvalue weighted by Gasteiger charge is 2.10. The quantitative estimate of drug-likeness (QED) is 0.730. The number of benzene rings is 1. The Kier molecular flexibility index (Phi) is 3.16. The highest BCUT2D eigenvalue weighted by Crippen LogP contribution is 2.28. The molecule has 3 rings (SSSR count). The van der Waals surface area contributed by atoms with Gasteiger partial charge in [-0.1, -0.05) is 18.2 Å². The zero-order valence-corrected chi connectivity index (χ0v) is 11.2. The predicted octanol–water partition coefficient (Wildman–Crippen LogP) is 2.71. The molecule has 0 bridgehead atoms. The smallest absolute Gasteiger partial charge is 0.220 e. The number of nitrogens with zero attached hydrogens (tertiary/aromatic N) is 3. The van der Waals surface area contributed by atoms with Crippen LogP contribution in [0.1, 0.15) is 0 Å². The summed E-state index contributed by atoms with van der Waals surface area (Å²) in [6.07, 6.45) is 3.57. The normalized spacial score (nSPS) is 10.5. The van der Waals surface area contributed by atoms with Crippen LogP contribution < -0.4 is 9.47 Å². The Balaban J connectivity index is 2.25. The number of aromatic nitrogens is 3. The molecule has 0 fully saturated rings. The Hall–Kier alpha value is -2.69. The molecule has 0 aliphatic carbocycles. The highest BCUT2D eigenvalue weighted by molar-refractivity contribution is 5.94. The molecule has 0 unspecified atom stereocenters. The van der Waals surface area contributed by atoms with Crippen LogP contribution in [0.4, 0.5) is 0 Å². The van der Waals surface area contributed by atoms with Crippen LogP contribution in [0.3, 0.4) is 0 Å². The van der Waals surface area contributed by atoms with Crippen LogP contribution in [0.15, 0.2) is 42.7 Å². The monoisotopic (exact) mass is 267 g/mol. The lowest BCUT2D eigenvalue weighted by molar-refractivity contribution is 0.373. The van der Waals surface area contributed by atoms with Crippen molar-refractivity contribution in [2.45, 2.75) is 0 Å². The molecule has 0 saturated heterocycles. The fourth-order valence-corrected chi connectivity index (χ4v) is 2.05. The molecule has 0 amide bonds. The van der Waals surface area contributed by atoms with Crippen LogP contribution in [0.25, 0.3) is 22.2 Å². The van der Waals surface area contributed by atoms with Crippen molar-refractivity contribution in [2.24, 2.45) is 0 Å². The van der Waals surface area contributed by atoms with Crippen molar-refractivity contribution >= 4 is 10.8 Å². The second-order valence-corrected chi connectivity index (χ2v) is 4.18. The van der Waals surface area contributed by atoms with E-state index in [2.05, 4.69) is 15.0 Å². The molecule has 5 nitrogen and oxygen atoms in total. The lowest BCUT2D eigenvalue weighted by Gasteiger charge is -2.08. The molecule has 20 heavy (non-hydrogen) atoms. The number of fused-ring (bicyclic) bond motifs is 1. The molecule has 2 aromatic heterocycles. The van der Waals surface area contributed by atoms with E-state index in [9.17, 15) is 0 Å². The SMILES string of the molecule is COc1cc(OC)nc(-c2cccc3cnccc23)n1. The van der Waals surface area contributed by atoms with Crippen molar-refractivity contribution in [3.63, 3.8) is 0 Å². The van der Waals surface area contributed by atoms with Gasteiger partial charge in [-0.25, -0.2) is 0 Å². The van der Waals surface area contributed by atoms with E-state index in [0.717, 1.165) is 16.3 Å². The maximum absolute atomic E-state index is 5.19. The van der Waals surface area contributed by atoms with Gasteiger partial charge in [0.25, 0.3) is 0 Å².